The predicted octanol–water partition coefficient (Wildman–Crippen LogP) is 4.58. The molecular formula is C29H40N4O5. The Morgan fingerprint density at radius 3 is 2.55 bits per heavy atom. The summed E-state index contributed by atoms with van der Waals surface area (Å²) in [6.07, 6.45) is 5.55. The van der Waals surface area contributed by atoms with Gasteiger partial charge in [0.25, 0.3) is 0 Å². The highest BCUT2D eigenvalue weighted by Gasteiger charge is 2.42. The molecule has 2 aliphatic heterocycles. The highest BCUT2D eigenvalue weighted by atomic mass is 16.5. The molecule has 4 rings (SSSR count). The number of nitrogens with zero attached hydrogens (tertiary/aromatic N) is 2. The Morgan fingerprint density at radius 1 is 1.21 bits per heavy atom. The normalized spacial score (nSPS) is 22.2. The molecule has 2 amide bonds. The van der Waals surface area contributed by atoms with E-state index in [0.717, 1.165) is 34.6 Å². The number of imidazole rings is 1. The molecule has 2 aromatic rings. The monoisotopic (exact) mass is 524 g/mol. The zero-order valence-corrected chi connectivity index (χ0v) is 23.0. The first kappa shape index (κ1) is 27.9. The summed E-state index contributed by atoms with van der Waals surface area (Å²) >= 11 is 0. The molecule has 9 nitrogen and oxygen atoms in total. The lowest BCUT2D eigenvalue weighted by atomic mass is 9.90. The molecule has 9 heteroatoms. The molecule has 2 aliphatic rings. The molecule has 0 bridgehead atoms. The van der Waals surface area contributed by atoms with Gasteiger partial charge in [0, 0.05) is 26.9 Å². The average Bonchev–Trinajstić information content (AvgIpc) is 3.59. The molecule has 0 radical (unpaired) electrons. The maximum Gasteiger partial charge on any atom is 0.407 e. The number of likely N-dealkylation sites (tertiary alicyclic amines) is 1. The Kier molecular flexibility index (Phi) is 9.22. The highest BCUT2D eigenvalue weighted by molar-refractivity contribution is 5.86. The second kappa shape index (κ2) is 12.6. The minimum Gasteiger partial charge on any atom is -0.453 e. The lowest BCUT2D eigenvalue weighted by molar-refractivity contribution is -0.137. The maximum absolute atomic E-state index is 13.9. The van der Waals surface area contributed by atoms with Crippen molar-refractivity contribution in [3.63, 3.8) is 0 Å². The number of methoxy groups -OCH3 is 2. The van der Waals surface area contributed by atoms with Crippen LogP contribution in [0.3, 0.4) is 0 Å². The Labute approximate surface area is 224 Å². The van der Waals surface area contributed by atoms with E-state index in [4.69, 9.17) is 19.2 Å². The van der Waals surface area contributed by atoms with Gasteiger partial charge in [0.1, 0.15) is 11.9 Å². The summed E-state index contributed by atoms with van der Waals surface area (Å²) in [5.74, 6) is 0.977. The standard InChI is InChI=1S/C29H40N4O5/c1-6-23(19(3)36-4)20-7-9-21(10-8-20)24-16-30-27(31-24)25-15-18(2)17-33(25)28(34)26(32-29(35)37-5)22-11-13-38-14-12-22/h6-10,16,18-19,22,25-26H,11-15,17H2,1-5H3,(H,30,31)(H,32,35). The molecular weight excluding hydrogens is 484 g/mol. The molecule has 1 aromatic heterocycles. The van der Waals surface area contributed by atoms with Gasteiger partial charge in [-0.15, -0.1) is 0 Å². The number of hydrogen-bond acceptors (Lipinski definition) is 6. The van der Waals surface area contributed by atoms with Gasteiger partial charge in [0.15, 0.2) is 0 Å². The summed E-state index contributed by atoms with van der Waals surface area (Å²) in [7, 11) is 3.03. The number of hydrogen-bond donors (Lipinski definition) is 2. The van der Waals surface area contributed by atoms with Gasteiger partial charge in [-0.2, -0.15) is 0 Å². The maximum atomic E-state index is 13.9. The highest BCUT2D eigenvalue weighted by Crippen LogP contribution is 2.36. The zero-order valence-electron chi connectivity index (χ0n) is 23.0. The number of benzene rings is 1. The zero-order chi connectivity index (χ0) is 27.2. The Bertz CT molecular complexity index is 1120. The molecule has 206 valence electrons. The van der Waals surface area contributed by atoms with Crippen molar-refractivity contribution < 1.29 is 23.8 Å². The summed E-state index contributed by atoms with van der Waals surface area (Å²) in [5.41, 5.74) is 4.17. The number of amides is 2. The number of nitrogens with one attached hydrogen (secondary N) is 2. The molecule has 0 aliphatic carbocycles. The van der Waals surface area contributed by atoms with Crippen LogP contribution in [0.4, 0.5) is 4.79 Å². The van der Waals surface area contributed by atoms with Crippen LogP contribution in [0, 0.1) is 11.8 Å². The quantitative estimate of drug-likeness (QED) is 0.524. The van der Waals surface area contributed by atoms with Gasteiger partial charge in [-0.1, -0.05) is 37.3 Å². The molecule has 1 aromatic carbocycles. The number of aromatic nitrogens is 2. The second-order valence-corrected chi connectivity index (χ2v) is 10.3. The van der Waals surface area contributed by atoms with Gasteiger partial charge in [-0.25, -0.2) is 9.78 Å². The van der Waals surface area contributed by atoms with Gasteiger partial charge in [-0.3, -0.25) is 4.79 Å². The fourth-order valence-corrected chi connectivity index (χ4v) is 5.60. The summed E-state index contributed by atoms with van der Waals surface area (Å²) in [4.78, 5) is 36.0. The third kappa shape index (κ3) is 6.10. The molecule has 2 N–H and O–H groups in total. The largest absolute Gasteiger partial charge is 0.453 e. The van der Waals surface area contributed by atoms with Crippen LogP contribution in [-0.4, -0.2) is 73.0 Å². The lowest BCUT2D eigenvalue weighted by Gasteiger charge is -2.34. The average molecular weight is 525 g/mol. The number of aromatic amines is 1. The molecule has 3 heterocycles. The SMILES string of the molecule is CC=C(c1ccc(-c2cnc(C3CC(C)CN3C(=O)C(NC(=O)OC)C3CCOCC3)[nH]2)cc1)C(C)OC. The van der Waals surface area contributed by atoms with Crippen molar-refractivity contribution in [2.45, 2.75) is 58.2 Å². The van der Waals surface area contributed by atoms with E-state index < -0.39 is 12.1 Å². The number of alkyl carbamates (subject to hydrolysis) is 1. The van der Waals surface area contributed by atoms with E-state index in [0.29, 0.717) is 38.5 Å². The number of carbonyl (C=O) groups is 2. The summed E-state index contributed by atoms with van der Waals surface area (Å²) in [6, 6.07) is 7.47. The van der Waals surface area contributed by atoms with E-state index in [9.17, 15) is 9.59 Å². The van der Waals surface area contributed by atoms with Crippen LogP contribution >= 0.6 is 0 Å². The van der Waals surface area contributed by atoms with Crippen molar-refractivity contribution in [2.75, 3.05) is 34.0 Å². The van der Waals surface area contributed by atoms with Crippen molar-refractivity contribution in [1.29, 1.82) is 0 Å². The first-order valence-electron chi connectivity index (χ1n) is 13.4. The second-order valence-electron chi connectivity index (χ2n) is 10.3. The van der Waals surface area contributed by atoms with E-state index in [1.807, 2.05) is 24.9 Å². The van der Waals surface area contributed by atoms with Gasteiger partial charge in [-0.05, 0) is 61.6 Å². The van der Waals surface area contributed by atoms with Crippen molar-refractivity contribution in [3.8, 4) is 11.3 Å². The van der Waals surface area contributed by atoms with Crippen molar-refractivity contribution in [2.24, 2.45) is 11.8 Å². The fourth-order valence-electron chi connectivity index (χ4n) is 5.60. The van der Waals surface area contributed by atoms with Crippen molar-refractivity contribution in [1.82, 2.24) is 20.2 Å². The molecule has 0 spiro atoms. The molecule has 2 saturated heterocycles. The number of rotatable bonds is 8. The lowest BCUT2D eigenvalue weighted by Crippen LogP contribution is -2.53. The van der Waals surface area contributed by atoms with Crippen LogP contribution in [0.25, 0.3) is 16.8 Å². The topological polar surface area (TPSA) is 106 Å². The van der Waals surface area contributed by atoms with Crippen LogP contribution in [0.2, 0.25) is 0 Å². The first-order chi connectivity index (χ1) is 18.4. The molecule has 4 atom stereocenters. The van der Waals surface area contributed by atoms with Crippen molar-refractivity contribution >= 4 is 17.6 Å². The van der Waals surface area contributed by atoms with Crippen LogP contribution in [-0.2, 0) is 19.0 Å². The van der Waals surface area contributed by atoms with E-state index in [2.05, 4.69) is 47.6 Å². The van der Waals surface area contributed by atoms with Crippen LogP contribution < -0.4 is 5.32 Å². The van der Waals surface area contributed by atoms with Crippen LogP contribution in [0.1, 0.15) is 57.5 Å². The Hall–Kier alpha value is -3.17. The van der Waals surface area contributed by atoms with E-state index in [-0.39, 0.29) is 24.0 Å². The summed E-state index contributed by atoms with van der Waals surface area (Å²) in [5, 5.41) is 2.81. The number of ether oxygens (including phenoxy) is 3. The molecule has 0 saturated carbocycles. The smallest absolute Gasteiger partial charge is 0.407 e. The van der Waals surface area contributed by atoms with E-state index in [1.54, 1.807) is 7.11 Å². The van der Waals surface area contributed by atoms with Gasteiger partial charge >= 0.3 is 6.09 Å². The number of carbonyl (C=O) groups excluding carboxylic acids is 2. The third-order valence-corrected chi connectivity index (χ3v) is 7.80. The third-order valence-electron chi connectivity index (χ3n) is 7.80. The minimum atomic E-state index is -0.656. The Morgan fingerprint density at radius 2 is 1.92 bits per heavy atom. The molecule has 38 heavy (non-hydrogen) atoms. The first-order valence-corrected chi connectivity index (χ1v) is 13.4. The molecule has 2 fully saturated rings. The fraction of sp³-hybridized carbons (Fsp3) is 0.552. The van der Waals surface area contributed by atoms with Crippen LogP contribution in [0.5, 0.6) is 0 Å². The van der Waals surface area contributed by atoms with Gasteiger partial charge < -0.3 is 29.4 Å². The summed E-state index contributed by atoms with van der Waals surface area (Å²) in [6.45, 7) is 7.96. The Balaban J connectivity index is 1.54. The van der Waals surface area contributed by atoms with Crippen LogP contribution in [0.15, 0.2) is 36.5 Å². The van der Waals surface area contributed by atoms with Gasteiger partial charge in [0.05, 0.1) is 31.1 Å². The predicted molar refractivity (Wildman–Crippen MR) is 145 cm³/mol. The van der Waals surface area contributed by atoms with E-state index in [1.165, 1.54) is 7.11 Å². The van der Waals surface area contributed by atoms with E-state index >= 15 is 0 Å². The van der Waals surface area contributed by atoms with Gasteiger partial charge in [0.2, 0.25) is 5.91 Å². The number of H-pyrrole nitrogens is 1. The number of allylic oxidation sites excluding steroid dienone is 1. The van der Waals surface area contributed by atoms with Crippen molar-refractivity contribution in [3.05, 3.63) is 47.9 Å². The molecule has 4 unspecified atom stereocenters. The summed E-state index contributed by atoms with van der Waals surface area (Å²) < 4.78 is 15.8. The minimum absolute atomic E-state index is 0.000436.